The highest BCUT2D eigenvalue weighted by Crippen LogP contribution is 2.10. The molecular weight excluding hydrogens is 356 g/mol. The molecule has 140 valence electrons. The zero-order valence-corrected chi connectivity index (χ0v) is 15.3. The lowest BCUT2D eigenvalue weighted by atomic mass is 10.1. The Morgan fingerprint density at radius 3 is 2.46 bits per heavy atom. The number of sulfonamides is 1. The van der Waals surface area contributed by atoms with Crippen LogP contribution in [0.4, 0.5) is 5.69 Å². The summed E-state index contributed by atoms with van der Waals surface area (Å²) in [6, 6.07) is 9.86. The van der Waals surface area contributed by atoms with E-state index in [9.17, 15) is 13.2 Å². The molecule has 8 nitrogen and oxygen atoms in total. The molecule has 1 aromatic heterocycles. The molecule has 1 aromatic carbocycles. The Labute approximate surface area is 152 Å². The molecule has 0 spiro atoms. The van der Waals surface area contributed by atoms with E-state index in [1.807, 2.05) is 0 Å². The summed E-state index contributed by atoms with van der Waals surface area (Å²) in [6.45, 7) is 1.51. The number of nitrogens with zero attached hydrogens (tertiary/aromatic N) is 1. The fraction of sp³-hybridized carbons (Fsp3) is 0.294. The molecule has 0 saturated heterocycles. The van der Waals surface area contributed by atoms with Crippen molar-refractivity contribution in [3.8, 4) is 0 Å². The lowest BCUT2D eigenvalue weighted by Crippen LogP contribution is -2.27. The second kappa shape index (κ2) is 9.27. The first-order chi connectivity index (χ1) is 12.4. The predicted molar refractivity (Wildman–Crippen MR) is 98.5 cm³/mol. The molecule has 0 aliphatic carbocycles. The van der Waals surface area contributed by atoms with Crippen LogP contribution in [-0.2, 0) is 21.2 Å². The van der Waals surface area contributed by atoms with Crippen LogP contribution >= 0.6 is 0 Å². The average molecular weight is 378 g/mol. The maximum Gasteiger partial charge on any atom is 0.269 e. The average Bonchev–Trinajstić information content (AvgIpc) is 2.62. The lowest BCUT2D eigenvalue weighted by Gasteiger charge is -2.08. The van der Waals surface area contributed by atoms with Crippen molar-refractivity contribution < 1.29 is 17.9 Å². The third-order valence-electron chi connectivity index (χ3n) is 3.58. The Kier molecular flexibility index (Phi) is 7.07. The van der Waals surface area contributed by atoms with Crippen molar-refractivity contribution in [1.29, 1.82) is 0 Å². The Morgan fingerprint density at radius 1 is 1.15 bits per heavy atom. The van der Waals surface area contributed by atoms with Crippen LogP contribution in [0.5, 0.6) is 0 Å². The normalized spacial score (nSPS) is 11.2. The highest BCUT2D eigenvalue weighted by molar-refractivity contribution is 7.89. The molecule has 2 aromatic rings. The van der Waals surface area contributed by atoms with Gasteiger partial charge in [-0.1, -0.05) is 12.1 Å². The Bertz CT molecular complexity index is 821. The number of methoxy groups -OCH3 is 1. The number of nitrogens with two attached hydrogens (primary N) is 1. The summed E-state index contributed by atoms with van der Waals surface area (Å²) in [5, 5.41) is 11.0. The summed E-state index contributed by atoms with van der Waals surface area (Å²) in [6.07, 6.45) is 2.29. The van der Waals surface area contributed by atoms with Crippen molar-refractivity contribution in [3.05, 3.63) is 53.9 Å². The van der Waals surface area contributed by atoms with Crippen molar-refractivity contribution in [2.24, 2.45) is 5.14 Å². The van der Waals surface area contributed by atoms with Crippen LogP contribution in [0.25, 0.3) is 0 Å². The van der Waals surface area contributed by atoms with Crippen LogP contribution < -0.4 is 15.8 Å². The molecular formula is C17H22N4O4S. The van der Waals surface area contributed by atoms with Gasteiger partial charge in [0.2, 0.25) is 10.0 Å². The Morgan fingerprint density at radius 2 is 1.88 bits per heavy atom. The van der Waals surface area contributed by atoms with E-state index in [2.05, 4.69) is 15.6 Å². The summed E-state index contributed by atoms with van der Waals surface area (Å²) in [7, 11) is -2.10. The summed E-state index contributed by atoms with van der Waals surface area (Å²) in [4.78, 5) is 16.0. The summed E-state index contributed by atoms with van der Waals surface area (Å²) in [5.41, 5.74) is 2.11. The zero-order chi connectivity index (χ0) is 19.0. The minimum Gasteiger partial charge on any atom is -0.383 e. The van der Waals surface area contributed by atoms with Crippen molar-refractivity contribution >= 4 is 21.6 Å². The molecule has 4 N–H and O–H groups in total. The molecule has 0 radical (unpaired) electrons. The highest BCUT2D eigenvalue weighted by Gasteiger charge is 2.07. The number of hydrogen-bond acceptors (Lipinski definition) is 6. The summed E-state index contributed by atoms with van der Waals surface area (Å²) in [5.74, 6) is -0.247. The molecule has 0 aliphatic rings. The van der Waals surface area contributed by atoms with Gasteiger partial charge in [0.25, 0.3) is 5.91 Å². The number of carbonyl (C=O) groups excluding carboxylic acids is 1. The number of hydrogen-bond donors (Lipinski definition) is 3. The largest absolute Gasteiger partial charge is 0.383 e. The summed E-state index contributed by atoms with van der Waals surface area (Å²) < 4.78 is 27.3. The van der Waals surface area contributed by atoms with Gasteiger partial charge in [0.15, 0.2) is 0 Å². The molecule has 26 heavy (non-hydrogen) atoms. The zero-order valence-electron chi connectivity index (χ0n) is 14.4. The highest BCUT2D eigenvalue weighted by atomic mass is 32.2. The number of primary sulfonamides is 1. The molecule has 1 heterocycles. The molecule has 2 rings (SSSR count). The quantitative estimate of drug-likeness (QED) is 0.554. The first kappa shape index (κ1) is 19.8. The molecule has 0 fully saturated rings. The van der Waals surface area contributed by atoms with Gasteiger partial charge >= 0.3 is 0 Å². The molecule has 0 saturated carbocycles. The van der Waals surface area contributed by atoms with Crippen LogP contribution in [0, 0.1) is 0 Å². The van der Waals surface area contributed by atoms with Crippen molar-refractivity contribution in [2.75, 3.05) is 32.1 Å². The van der Waals surface area contributed by atoms with E-state index in [4.69, 9.17) is 9.88 Å². The number of nitrogens with one attached hydrogen (secondary N) is 2. The number of aromatic nitrogens is 1. The number of carbonyl (C=O) groups is 1. The molecule has 1 amide bonds. The third-order valence-corrected chi connectivity index (χ3v) is 4.51. The number of pyridine rings is 1. The van der Waals surface area contributed by atoms with Crippen molar-refractivity contribution in [2.45, 2.75) is 11.3 Å². The first-order valence-electron chi connectivity index (χ1n) is 7.99. The Balaban J connectivity index is 1.82. The number of rotatable bonds is 9. The van der Waals surface area contributed by atoms with Crippen LogP contribution in [0.2, 0.25) is 0 Å². The minimum atomic E-state index is -3.67. The SMILES string of the molecule is COCCNC(=O)c1ccc(NCCc2ccc(S(N)(=O)=O)cc2)cn1. The van der Waals surface area contributed by atoms with E-state index < -0.39 is 10.0 Å². The lowest BCUT2D eigenvalue weighted by molar-refractivity contribution is 0.0932. The second-order valence-corrected chi connectivity index (χ2v) is 7.11. The molecule has 0 bridgehead atoms. The number of ether oxygens (including phenoxy) is 1. The van der Waals surface area contributed by atoms with Crippen molar-refractivity contribution in [3.63, 3.8) is 0 Å². The van der Waals surface area contributed by atoms with E-state index in [0.29, 0.717) is 31.8 Å². The van der Waals surface area contributed by atoms with E-state index in [1.165, 1.54) is 12.1 Å². The predicted octanol–water partition coefficient (Wildman–Crippen LogP) is 0.760. The van der Waals surface area contributed by atoms with E-state index in [1.54, 1.807) is 37.6 Å². The van der Waals surface area contributed by atoms with Crippen LogP contribution in [0.3, 0.4) is 0 Å². The van der Waals surface area contributed by atoms with Gasteiger partial charge in [-0.15, -0.1) is 0 Å². The molecule has 9 heteroatoms. The second-order valence-electron chi connectivity index (χ2n) is 5.55. The fourth-order valence-electron chi connectivity index (χ4n) is 2.19. The smallest absolute Gasteiger partial charge is 0.269 e. The van der Waals surface area contributed by atoms with E-state index in [0.717, 1.165) is 11.3 Å². The minimum absolute atomic E-state index is 0.0952. The maximum absolute atomic E-state index is 11.8. The van der Waals surface area contributed by atoms with Crippen LogP contribution in [0.1, 0.15) is 16.1 Å². The van der Waals surface area contributed by atoms with Gasteiger partial charge < -0.3 is 15.4 Å². The Hall–Kier alpha value is -2.49. The fourth-order valence-corrected chi connectivity index (χ4v) is 2.70. The van der Waals surface area contributed by atoms with Gasteiger partial charge in [-0.3, -0.25) is 4.79 Å². The molecule has 0 unspecified atom stereocenters. The first-order valence-corrected chi connectivity index (χ1v) is 9.53. The van der Waals surface area contributed by atoms with Gasteiger partial charge in [0, 0.05) is 20.2 Å². The molecule has 0 aliphatic heterocycles. The van der Waals surface area contributed by atoms with Gasteiger partial charge in [-0.05, 0) is 36.2 Å². The van der Waals surface area contributed by atoms with Gasteiger partial charge in [0.05, 0.1) is 23.4 Å². The topological polar surface area (TPSA) is 123 Å². The van der Waals surface area contributed by atoms with Crippen LogP contribution in [0.15, 0.2) is 47.5 Å². The number of anilines is 1. The standard InChI is InChI=1S/C17H22N4O4S/c1-25-11-10-20-17(22)16-7-4-14(12-21-16)19-9-8-13-2-5-15(6-3-13)26(18,23)24/h2-7,12,19H,8-11H2,1H3,(H,20,22)(H2,18,23,24). The summed E-state index contributed by atoms with van der Waals surface area (Å²) >= 11 is 0. The van der Waals surface area contributed by atoms with Crippen molar-refractivity contribution in [1.82, 2.24) is 10.3 Å². The van der Waals surface area contributed by atoms with E-state index in [-0.39, 0.29) is 10.8 Å². The number of benzene rings is 1. The van der Waals surface area contributed by atoms with Gasteiger partial charge in [0.1, 0.15) is 5.69 Å². The van der Waals surface area contributed by atoms with E-state index >= 15 is 0 Å². The monoisotopic (exact) mass is 378 g/mol. The van der Waals surface area contributed by atoms with Gasteiger partial charge in [-0.25, -0.2) is 18.5 Å². The maximum atomic E-state index is 11.8. The molecule has 0 atom stereocenters. The number of amides is 1. The third kappa shape index (κ3) is 6.10. The van der Waals surface area contributed by atoms with Crippen LogP contribution in [-0.4, -0.2) is 46.1 Å². The van der Waals surface area contributed by atoms with Gasteiger partial charge in [-0.2, -0.15) is 0 Å².